The average molecular weight is 496 g/mol. The molecule has 3 nitrogen and oxygen atoms in total. The van der Waals surface area contributed by atoms with E-state index in [-0.39, 0.29) is 21.3 Å². The first-order chi connectivity index (χ1) is 14.2. The van der Waals surface area contributed by atoms with Gasteiger partial charge in [-0.2, -0.15) is 26.3 Å². The molecule has 0 bridgehead atoms. The van der Waals surface area contributed by atoms with Crippen LogP contribution in [0.3, 0.4) is 0 Å². The van der Waals surface area contributed by atoms with Crippen LogP contribution in [0.4, 0.5) is 40.8 Å². The van der Waals surface area contributed by atoms with Crippen molar-refractivity contribution in [2.75, 3.05) is 6.61 Å². The van der Waals surface area contributed by atoms with Gasteiger partial charge in [-0.25, -0.2) is 8.78 Å². The second-order valence-corrected chi connectivity index (χ2v) is 6.89. The molecule has 0 unspecified atom stereocenters. The Morgan fingerprint density at radius 2 is 1.65 bits per heavy atom. The SMILES string of the molecule is Oc1c(Cl)cc(Cl)cc1C=Nc1ccccc1OCC(F)(F)C(F)(F)C(F)(F)C(F)F. The zero-order valence-electron chi connectivity index (χ0n) is 14.9. The van der Waals surface area contributed by atoms with Crippen LogP contribution in [0.2, 0.25) is 10.0 Å². The van der Waals surface area contributed by atoms with Gasteiger partial charge in [-0.3, -0.25) is 4.99 Å². The van der Waals surface area contributed by atoms with E-state index in [4.69, 9.17) is 23.2 Å². The van der Waals surface area contributed by atoms with Gasteiger partial charge in [-0.05, 0) is 24.3 Å². The van der Waals surface area contributed by atoms with Crippen LogP contribution in [0.5, 0.6) is 11.5 Å². The fourth-order valence-corrected chi connectivity index (χ4v) is 2.66. The van der Waals surface area contributed by atoms with Gasteiger partial charge >= 0.3 is 24.2 Å². The highest BCUT2D eigenvalue weighted by Gasteiger charge is 2.75. The molecule has 0 aliphatic carbocycles. The molecule has 13 heteroatoms. The average Bonchev–Trinajstić information content (AvgIpc) is 2.68. The predicted octanol–water partition coefficient (Wildman–Crippen LogP) is 7.00. The third kappa shape index (κ3) is 5.15. The minimum Gasteiger partial charge on any atom is -0.506 e. The molecule has 0 saturated carbocycles. The molecule has 2 aromatic rings. The van der Waals surface area contributed by atoms with Crippen LogP contribution in [0.25, 0.3) is 0 Å². The van der Waals surface area contributed by atoms with Crippen molar-refractivity contribution < 1.29 is 45.0 Å². The number of aliphatic imine (C=N–C) groups is 1. The quantitative estimate of drug-likeness (QED) is 0.316. The van der Waals surface area contributed by atoms with Crippen molar-refractivity contribution in [3.05, 3.63) is 52.0 Å². The molecule has 0 radical (unpaired) electrons. The van der Waals surface area contributed by atoms with E-state index in [2.05, 4.69) is 9.73 Å². The molecule has 2 aromatic carbocycles. The van der Waals surface area contributed by atoms with Crippen molar-refractivity contribution in [2.45, 2.75) is 24.2 Å². The van der Waals surface area contributed by atoms with Crippen molar-refractivity contribution >= 4 is 35.1 Å². The Kier molecular flexibility index (Phi) is 7.32. The monoisotopic (exact) mass is 495 g/mol. The molecular weight excluding hydrogens is 485 g/mol. The molecule has 0 saturated heterocycles. The Labute approximate surface area is 179 Å². The third-order valence-corrected chi connectivity index (χ3v) is 4.33. The van der Waals surface area contributed by atoms with Crippen LogP contribution in [0.1, 0.15) is 5.56 Å². The molecule has 2 rings (SSSR count). The fraction of sp³-hybridized carbons (Fsp3) is 0.278. The van der Waals surface area contributed by atoms with Gasteiger partial charge in [0.05, 0.1) is 5.02 Å². The summed E-state index contributed by atoms with van der Waals surface area (Å²) in [6.45, 7) is -2.34. The van der Waals surface area contributed by atoms with E-state index in [0.717, 1.165) is 12.3 Å². The molecule has 0 aliphatic rings. The van der Waals surface area contributed by atoms with Crippen LogP contribution in [0, 0.1) is 0 Å². The van der Waals surface area contributed by atoms with Crippen LogP contribution in [0.15, 0.2) is 41.4 Å². The minimum absolute atomic E-state index is 0.000687. The summed E-state index contributed by atoms with van der Waals surface area (Å²) in [7, 11) is 0. The van der Waals surface area contributed by atoms with Gasteiger partial charge in [0, 0.05) is 16.8 Å². The Morgan fingerprint density at radius 1 is 1.03 bits per heavy atom. The lowest BCUT2D eigenvalue weighted by atomic mass is 10.1. The van der Waals surface area contributed by atoms with Crippen molar-refractivity contribution in [1.29, 1.82) is 0 Å². The number of nitrogens with zero attached hydrogens (tertiary/aromatic N) is 1. The van der Waals surface area contributed by atoms with E-state index < -0.39 is 42.3 Å². The van der Waals surface area contributed by atoms with Gasteiger partial charge < -0.3 is 9.84 Å². The molecule has 0 heterocycles. The second-order valence-electron chi connectivity index (χ2n) is 6.04. The molecule has 1 N–H and O–H groups in total. The number of aromatic hydroxyl groups is 1. The largest absolute Gasteiger partial charge is 0.506 e. The van der Waals surface area contributed by atoms with Crippen LogP contribution < -0.4 is 4.74 Å². The summed E-state index contributed by atoms with van der Waals surface area (Å²) in [4.78, 5) is 3.83. The normalized spacial score (nSPS) is 13.3. The number of rotatable bonds is 8. The van der Waals surface area contributed by atoms with Crippen LogP contribution in [-0.2, 0) is 0 Å². The fourth-order valence-electron chi connectivity index (χ4n) is 2.15. The molecular formula is C18H11Cl2F8NO2. The van der Waals surface area contributed by atoms with Crippen molar-refractivity contribution in [3.63, 3.8) is 0 Å². The van der Waals surface area contributed by atoms with Crippen molar-refractivity contribution in [1.82, 2.24) is 0 Å². The van der Waals surface area contributed by atoms with Crippen molar-refractivity contribution in [2.24, 2.45) is 4.99 Å². The first-order valence-electron chi connectivity index (χ1n) is 8.06. The summed E-state index contributed by atoms with van der Waals surface area (Å²) in [6, 6.07) is 7.23. The number of alkyl halides is 8. The van der Waals surface area contributed by atoms with Gasteiger partial charge in [-0.1, -0.05) is 35.3 Å². The first-order valence-corrected chi connectivity index (χ1v) is 8.82. The van der Waals surface area contributed by atoms with E-state index in [1.165, 1.54) is 30.3 Å². The van der Waals surface area contributed by atoms with E-state index >= 15 is 0 Å². The lowest BCUT2D eigenvalue weighted by Crippen LogP contribution is -2.59. The van der Waals surface area contributed by atoms with Crippen molar-refractivity contribution in [3.8, 4) is 11.5 Å². The maximum Gasteiger partial charge on any atom is 0.381 e. The summed E-state index contributed by atoms with van der Waals surface area (Å²) < 4.78 is 109. The number of hydrogen-bond acceptors (Lipinski definition) is 3. The number of benzene rings is 2. The van der Waals surface area contributed by atoms with Crippen LogP contribution >= 0.6 is 23.2 Å². The Bertz CT molecular complexity index is 970. The Morgan fingerprint density at radius 3 is 2.26 bits per heavy atom. The zero-order chi connectivity index (χ0) is 23.6. The van der Waals surface area contributed by atoms with E-state index in [1.54, 1.807) is 0 Å². The summed E-state index contributed by atoms with van der Waals surface area (Å²) in [5, 5.41) is 9.86. The minimum atomic E-state index is -6.39. The molecule has 0 atom stereocenters. The van der Waals surface area contributed by atoms with Gasteiger partial charge in [0.1, 0.15) is 17.2 Å². The van der Waals surface area contributed by atoms with Gasteiger partial charge in [0.15, 0.2) is 6.61 Å². The molecule has 0 fully saturated rings. The smallest absolute Gasteiger partial charge is 0.381 e. The number of halogens is 10. The van der Waals surface area contributed by atoms with E-state index in [9.17, 15) is 40.2 Å². The maximum absolute atomic E-state index is 13.7. The standard InChI is InChI=1S/C18H11Cl2F8NO2/c19-10-5-9(14(30)11(20)6-10)7-29-12-3-1-2-4-13(12)31-8-16(23,24)18(27,28)17(25,26)15(21)22/h1-7,15,30H,8H2. The number of phenolic OH excluding ortho intramolecular Hbond substituents is 1. The number of hydrogen-bond donors (Lipinski definition) is 1. The van der Waals surface area contributed by atoms with Gasteiger partial charge in [-0.15, -0.1) is 0 Å². The van der Waals surface area contributed by atoms with Gasteiger partial charge in [0.2, 0.25) is 0 Å². The summed E-state index contributed by atoms with van der Waals surface area (Å²) >= 11 is 11.5. The number of para-hydroxylation sites is 2. The third-order valence-electron chi connectivity index (χ3n) is 3.83. The highest BCUT2D eigenvalue weighted by molar-refractivity contribution is 6.36. The highest BCUT2D eigenvalue weighted by Crippen LogP contribution is 2.48. The summed E-state index contributed by atoms with van der Waals surface area (Å²) in [5.41, 5.74) is -0.238. The predicted molar refractivity (Wildman–Crippen MR) is 98.2 cm³/mol. The van der Waals surface area contributed by atoms with E-state index in [1.807, 2.05) is 0 Å². The lowest BCUT2D eigenvalue weighted by Gasteiger charge is -2.32. The lowest BCUT2D eigenvalue weighted by molar-refractivity contribution is -0.342. The molecule has 0 amide bonds. The Hall–Kier alpha value is -2.27. The first kappa shape index (κ1) is 25.0. The molecule has 0 spiro atoms. The molecule has 0 aliphatic heterocycles. The second kappa shape index (κ2) is 9.07. The molecule has 170 valence electrons. The topological polar surface area (TPSA) is 41.8 Å². The zero-order valence-corrected chi connectivity index (χ0v) is 16.4. The summed E-state index contributed by atoms with van der Waals surface area (Å²) in [6.07, 6.45) is -4.03. The molecule has 0 aromatic heterocycles. The number of phenols is 1. The maximum atomic E-state index is 13.7. The Balaban J connectivity index is 2.27. The summed E-state index contributed by atoms with van der Waals surface area (Å²) in [5.74, 6) is -19.3. The molecule has 31 heavy (non-hydrogen) atoms. The van der Waals surface area contributed by atoms with Crippen LogP contribution in [-0.4, -0.2) is 42.1 Å². The number of ether oxygens (including phenoxy) is 1. The highest BCUT2D eigenvalue weighted by atomic mass is 35.5. The van der Waals surface area contributed by atoms with E-state index in [0.29, 0.717) is 0 Å². The van der Waals surface area contributed by atoms with Gasteiger partial charge in [0.25, 0.3) is 0 Å².